The molecule has 0 saturated carbocycles. The molecule has 0 unspecified atom stereocenters. The van der Waals surface area contributed by atoms with Crippen molar-refractivity contribution in [2.45, 2.75) is 38.8 Å². The van der Waals surface area contributed by atoms with Crippen molar-refractivity contribution in [3.05, 3.63) is 12.7 Å². The lowest BCUT2D eigenvalue weighted by Crippen LogP contribution is -2.53. The summed E-state index contributed by atoms with van der Waals surface area (Å²) in [6, 6.07) is 0. The topological polar surface area (TPSA) is 72.3 Å². The molecule has 0 bridgehead atoms. The quantitative estimate of drug-likeness (QED) is 0.652. The third kappa shape index (κ3) is 7.11. The molecule has 0 heterocycles. The van der Waals surface area contributed by atoms with Gasteiger partial charge in [-0.15, -0.1) is 0 Å². The highest BCUT2D eigenvalue weighted by atomic mass is 16.2. The second kappa shape index (κ2) is 4.77. The van der Waals surface area contributed by atoms with E-state index in [-0.39, 0.29) is 5.91 Å². The third-order valence-corrected chi connectivity index (χ3v) is 1.68. The highest BCUT2D eigenvalue weighted by molar-refractivity contribution is 5.87. The van der Waals surface area contributed by atoms with E-state index in [0.717, 1.165) is 0 Å². The molecule has 0 rings (SSSR count). The Morgan fingerprint density at radius 3 is 1.73 bits per heavy atom. The van der Waals surface area contributed by atoms with Crippen molar-refractivity contribution < 1.29 is 4.79 Å². The van der Waals surface area contributed by atoms with Crippen molar-refractivity contribution in [2.75, 3.05) is 13.1 Å². The monoisotopic (exact) mass is 213 g/mol. The maximum Gasteiger partial charge on any atom is 0.246 e. The highest BCUT2D eigenvalue weighted by Crippen LogP contribution is 2.07. The van der Waals surface area contributed by atoms with Crippen LogP contribution in [0, 0.1) is 0 Å². The Kier molecular flexibility index (Phi) is 4.49. The molecule has 0 aromatic rings. The first-order chi connectivity index (χ1) is 6.55. The summed E-state index contributed by atoms with van der Waals surface area (Å²) in [5, 5.41) is 0. The first-order valence-corrected chi connectivity index (χ1v) is 5.04. The van der Waals surface area contributed by atoms with E-state index in [1.165, 1.54) is 6.08 Å². The summed E-state index contributed by atoms with van der Waals surface area (Å²) in [5.74, 6) is -0.132. The van der Waals surface area contributed by atoms with Gasteiger partial charge in [0.2, 0.25) is 5.91 Å². The molecule has 0 aliphatic carbocycles. The summed E-state index contributed by atoms with van der Waals surface area (Å²) in [7, 11) is 0. The normalized spacial score (nSPS) is 12.4. The van der Waals surface area contributed by atoms with Gasteiger partial charge in [-0.3, -0.25) is 4.79 Å². The van der Waals surface area contributed by atoms with E-state index in [1.54, 1.807) is 4.90 Å². The molecule has 4 heteroatoms. The van der Waals surface area contributed by atoms with Crippen LogP contribution in [0.4, 0.5) is 0 Å². The van der Waals surface area contributed by atoms with Gasteiger partial charge in [0.25, 0.3) is 0 Å². The van der Waals surface area contributed by atoms with Crippen LogP contribution in [0.15, 0.2) is 12.7 Å². The molecule has 0 aromatic carbocycles. The minimum absolute atomic E-state index is 0.132. The second-order valence-corrected chi connectivity index (χ2v) is 5.38. The fourth-order valence-corrected chi connectivity index (χ4v) is 1.32. The third-order valence-electron chi connectivity index (χ3n) is 1.68. The molecule has 1 amide bonds. The van der Waals surface area contributed by atoms with Gasteiger partial charge >= 0.3 is 0 Å². The number of hydrogen-bond acceptors (Lipinski definition) is 3. The Labute approximate surface area is 92.3 Å². The Morgan fingerprint density at radius 1 is 1.20 bits per heavy atom. The summed E-state index contributed by atoms with van der Waals surface area (Å²) >= 11 is 0. The minimum atomic E-state index is -0.427. The van der Waals surface area contributed by atoms with Crippen molar-refractivity contribution in [3.8, 4) is 0 Å². The van der Waals surface area contributed by atoms with Crippen molar-refractivity contribution in [1.29, 1.82) is 0 Å². The van der Waals surface area contributed by atoms with Crippen LogP contribution in [0.2, 0.25) is 0 Å². The maximum atomic E-state index is 11.6. The molecule has 0 radical (unpaired) electrons. The summed E-state index contributed by atoms with van der Waals surface area (Å²) in [6.45, 7) is 11.9. The van der Waals surface area contributed by atoms with Crippen LogP contribution < -0.4 is 11.5 Å². The predicted octanol–water partition coefficient (Wildman–Crippen LogP) is 0.476. The molecule has 4 nitrogen and oxygen atoms in total. The molecular weight excluding hydrogens is 190 g/mol. The zero-order valence-corrected chi connectivity index (χ0v) is 10.2. The molecule has 4 N–H and O–H groups in total. The molecule has 0 saturated heterocycles. The molecule has 0 fully saturated rings. The summed E-state index contributed by atoms with van der Waals surface area (Å²) in [5.41, 5.74) is 10.9. The Bertz CT molecular complexity index is 219. The van der Waals surface area contributed by atoms with Crippen LogP contribution in [0.25, 0.3) is 0 Å². The van der Waals surface area contributed by atoms with Gasteiger partial charge in [0.15, 0.2) is 0 Å². The van der Waals surface area contributed by atoms with Gasteiger partial charge in [0.05, 0.1) is 0 Å². The van der Waals surface area contributed by atoms with E-state index in [9.17, 15) is 4.79 Å². The van der Waals surface area contributed by atoms with E-state index < -0.39 is 11.1 Å². The molecule has 0 aromatic heterocycles. The number of nitrogens with zero attached hydrogens (tertiary/aromatic N) is 1. The molecule has 15 heavy (non-hydrogen) atoms. The number of carbonyl (C=O) groups excluding carboxylic acids is 1. The number of carbonyl (C=O) groups is 1. The van der Waals surface area contributed by atoms with Crippen molar-refractivity contribution >= 4 is 5.91 Å². The van der Waals surface area contributed by atoms with Crippen LogP contribution in [-0.4, -0.2) is 35.0 Å². The minimum Gasteiger partial charge on any atom is -0.336 e. The summed E-state index contributed by atoms with van der Waals surface area (Å²) in [6.07, 6.45) is 1.29. The maximum absolute atomic E-state index is 11.6. The van der Waals surface area contributed by atoms with Crippen LogP contribution in [0.1, 0.15) is 27.7 Å². The van der Waals surface area contributed by atoms with E-state index >= 15 is 0 Å². The first kappa shape index (κ1) is 14.1. The van der Waals surface area contributed by atoms with Gasteiger partial charge in [0, 0.05) is 24.2 Å². The zero-order chi connectivity index (χ0) is 12.3. The number of nitrogens with two attached hydrogens (primary N) is 2. The number of rotatable bonds is 5. The lowest BCUT2D eigenvalue weighted by Gasteiger charge is -2.33. The smallest absolute Gasteiger partial charge is 0.246 e. The van der Waals surface area contributed by atoms with Crippen molar-refractivity contribution in [3.63, 3.8) is 0 Å². The Hall–Kier alpha value is -0.870. The van der Waals surface area contributed by atoms with Gasteiger partial charge < -0.3 is 16.4 Å². The van der Waals surface area contributed by atoms with Crippen LogP contribution >= 0.6 is 0 Å². The molecular formula is C11H23N3O. The standard InChI is InChI=1S/C11H23N3O/c1-6-9(15)14(7-10(2,3)12)8-11(4,5)13/h6H,1,7-8,12-13H2,2-5H3. The summed E-state index contributed by atoms with van der Waals surface area (Å²) in [4.78, 5) is 13.2. The molecule has 0 spiro atoms. The van der Waals surface area contributed by atoms with E-state index in [1.807, 2.05) is 27.7 Å². The van der Waals surface area contributed by atoms with Crippen LogP contribution in [0.3, 0.4) is 0 Å². The van der Waals surface area contributed by atoms with E-state index in [0.29, 0.717) is 13.1 Å². The Balaban J connectivity index is 4.60. The van der Waals surface area contributed by atoms with Gasteiger partial charge in [-0.25, -0.2) is 0 Å². The fraction of sp³-hybridized carbons (Fsp3) is 0.727. The average Bonchev–Trinajstić information content (AvgIpc) is 1.96. The Morgan fingerprint density at radius 2 is 1.53 bits per heavy atom. The molecule has 0 atom stereocenters. The SMILES string of the molecule is C=CC(=O)N(CC(C)(C)N)CC(C)(C)N. The number of amides is 1. The van der Waals surface area contributed by atoms with Gasteiger partial charge in [0.1, 0.15) is 0 Å². The lowest BCUT2D eigenvalue weighted by molar-refractivity contribution is -0.127. The van der Waals surface area contributed by atoms with E-state index in [2.05, 4.69) is 6.58 Å². The van der Waals surface area contributed by atoms with Crippen molar-refractivity contribution in [2.24, 2.45) is 11.5 Å². The molecule has 0 aliphatic rings. The first-order valence-electron chi connectivity index (χ1n) is 5.04. The predicted molar refractivity (Wildman–Crippen MR) is 63.3 cm³/mol. The zero-order valence-electron chi connectivity index (χ0n) is 10.2. The fourth-order valence-electron chi connectivity index (χ4n) is 1.32. The van der Waals surface area contributed by atoms with Crippen molar-refractivity contribution in [1.82, 2.24) is 4.90 Å². The average molecular weight is 213 g/mol. The van der Waals surface area contributed by atoms with Gasteiger partial charge in [-0.2, -0.15) is 0 Å². The van der Waals surface area contributed by atoms with Crippen LogP contribution in [-0.2, 0) is 4.79 Å². The van der Waals surface area contributed by atoms with Gasteiger partial charge in [-0.05, 0) is 33.8 Å². The van der Waals surface area contributed by atoms with E-state index in [4.69, 9.17) is 11.5 Å². The largest absolute Gasteiger partial charge is 0.336 e. The molecule has 88 valence electrons. The second-order valence-electron chi connectivity index (χ2n) is 5.38. The number of hydrogen-bond donors (Lipinski definition) is 2. The molecule has 0 aliphatic heterocycles. The van der Waals surface area contributed by atoms with Crippen LogP contribution in [0.5, 0.6) is 0 Å². The summed E-state index contributed by atoms with van der Waals surface area (Å²) < 4.78 is 0. The highest BCUT2D eigenvalue weighted by Gasteiger charge is 2.24. The van der Waals surface area contributed by atoms with Gasteiger partial charge in [-0.1, -0.05) is 6.58 Å². The lowest BCUT2D eigenvalue weighted by atomic mass is 10.0.